The third kappa shape index (κ3) is 3.85. The van der Waals surface area contributed by atoms with Crippen molar-refractivity contribution in [1.29, 1.82) is 0 Å². The lowest BCUT2D eigenvalue weighted by molar-refractivity contribution is -0.130. The van der Waals surface area contributed by atoms with Gasteiger partial charge in [0.2, 0.25) is 5.91 Å². The lowest BCUT2D eigenvalue weighted by atomic mass is 10.0. The molecule has 1 aliphatic rings. The fraction of sp³-hybridized carbons (Fsp3) is 0.615. The minimum absolute atomic E-state index is 0.189. The minimum Gasteiger partial charge on any atom is -0.452 e. The Labute approximate surface area is 116 Å². The Kier molecular flexibility index (Phi) is 4.83. The largest absolute Gasteiger partial charge is 0.452 e. The first-order valence-corrected chi connectivity index (χ1v) is 7.13. The first kappa shape index (κ1) is 13.6. The van der Waals surface area contributed by atoms with Gasteiger partial charge in [-0.25, -0.2) is 0 Å². The quantitative estimate of drug-likeness (QED) is 0.907. The Morgan fingerprint density at radius 1 is 1.61 bits per heavy atom. The number of carbonyl (C=O) groups is 1. The van der Waals surface area contributed by atoms with E-state index in [0.29, 0.717) is 23.6 Å². The van der Waals surface area contributed by atoms with Crippen molar-refractivity contribution in [2.24, 2.45) is 5.92 Å². The highest BCUT2D eigenvalue weighted by molar-refractivity contribution is 9.10. The highest BCUT2D eigenvalue weighted by atomic mass is 79.9. The van der Waals surface area contributed by atoms with E-state index in [2.05, 4.69) is 21.2 Å². The van der Waals surface area contributed by atoms with Crippen molar-refractivity contribution in [3.05, 3.63) is 22.6 Å². The molecule has 1 unspecified atom stereocenters. The Bertz CT molecular complexity index is 399. The van der Waals surface area contributed by atoms with E-state index < -0.39 is 0 Å². The van der Waals surface area contributed by atoms with Crippen LogP contribution in [0.5, 0.6) is 0 Å². The summed E-state index contributed by atoms with van der Waals surface area (Å²) in [4.78, 5) is 13.7. The van der Waals surface area contributed by atoms with Gasteiger partial charge in [0, 0.05) is 13.5 Å². The van der Waals surface area contributed by atoms with E-state index >= 15 is 0 Å². The van der Waals surface area contributed by atoms with Crippen molar-refractivity contribution in [3.8, 4) is 0 Å². The van der Waals surface area contributed by atoms with Crippen LogP contribution < -0.4 is 5.32 Å². The molecule has 100 valence electrons. The number of halogens is 1. The van der Waals surface area contributed by atoms with Gasteiger partial charge < -0.3 is 14.6 Å². The number of nitrogens with zero attached hydrogens (tertiary/aromatic N) is 1. The summed E-state index contributed by atoms with van der Waals surface area (Å²) < 4.78 is 6.10. The van der Waals surface area contributed by atoms with Gasteiger partial charge in [0.15, 0.2) is 4.67 Å². The molecule has 0 bridgehead atoms. The number of rotatable bonds is 5. The number of furan rings is 1. The van der Waals surface area contributed by atoms with Crippen molar-refractivity contribution in [2.45, 2.75) is 25.8 Å². The molecule has 1 amide bonds. The van der Waals surface area contributed by atoms with Crippen LogP contribution >= 0.6 is 15.9 Å². The molecule has 4 nitrogen and oxygen atoms in total. The van der Waals surface area contributed by atoms with Crippen LogP contribution in [0.15, 0.2) is 21.2 Å². The molecule has 2 heterocycles. The van der Waals surface area contributed by atoms with Gasteiger partial charge in [0.1, 0.15) is 5.76 Å². The molecule has 1 aromatic heterocycles. The molecule has 1 aromatic rings. The molecule has 0 aromatic carbocycles. The summed E-state index contributed by atoms with van der Waals surface area (Å²) in [5, 5.41) is 3.32. The van der Waals surface area contributed by atoms with Crippen molar-refractivity contribution in [1.82, 2.24) is 10.2 Å². The van der Waals surface area contributed by atoms with Gasteiger partial charge in [-0.2, -0.15) is 0 Å². The summed E-state index contributed by atoms with van der Waals surface area (Å²) in [5.41, 5.74) is 0. The maximum atomic E-state index is 12.0. The van der Waals surface area contributed by atoms with E-state index in [1.54, 1.807) is 4.90 Å². The molecule has 0 radical (unpaired) electrons. The molecule has 1 fully saturated rings. The van der Waals surface area contributed by atoms with Gasteiger partial charge in [0.25, 0.3) is 0 Å². The van der Waals surface area contributed by atoms with E-state index in [0.717, 1.165) is 25.3 Å². The van der Waals surface area contributed by atoms with Gasteiger partial charge in [0.05, 0.1) is 6.54 Å². The molecule has 1 aliphatic heterocycles. The second-order valence-electron chi connectivity index (χ2n) is 4.85. The molecule has 2 rings (SSSR count). The van der Waals surface area contributed by atoms with Crippen molar-refractivity contribution < 1.29 is 9.21 Å². The number of hydrogen-bond acceptors (Lipinski definition) is 3. The zero-order valence-corrected chi connectivity index (χ0v) is 12.2. The predicted octanol–water partition coefficient (Wildman–Crippen LogP) is 2.39. The lowest BCUT2D eigenvalue weighted by Gasteiger charge is -2.16. The third-order valence-corrected chi connectivity index (χ3v) is 3.80. The van der Waals surface area contributed by atoms with E-state index in [-0.39, 0.29) is 5.91 Å². The van der Waals surface area contributed by atoms with Gasteiger partial charge in [-0.05, 0) is 59.9 Å². The normalized spacial score (nSPS) is 19.1. The second-order valence-corrected chi connectivity index (χ2v) is 5.63. The topological polar surface area (TPSA) is 45.5 Å². The molecule has 1 saturated heterocycles. The molecule has 0 saturated carbocycles. The van der Waals surface area contributed by atoms with Crippen LogP contribution in [-0.4, -0.2) is 30.9 Å². The molecular formula is C13H19BrN2O2. The Morgan fingerprint density at radius 2 is 2.44 bits per heavy atom. The highest BCUT2D eigenvalue weighted by Gasteiger charge is 2.17. The molecule has 18 heavy (non-hydrogen) atoms. The molecular weight excluding hydrogens is 296 g/mol. The average Bonchev–Trinajstić information content (AvgIpc) is 2.97. The fourth-order valence-corrected chi connectivity index (χ4v) is 2.58. The van der Waals surface area contributed by atoms with E-state index in [1.165, 1.54) is 6.42 Å². The maximum Gasteiger partial charge on any atom is 0.222 e. The van der Waals surface area contributed by atoms with E-state index in [4.69, 9.17) is 4.42 Å². The predicted molar refractivity (Wildman–Crippen MR) is 73.1 cm³/mol. The van der Waals surface area contributed by atoms with Crippen LogP contribution in [-0.2, 0) is 11.3 Å². The van der Waals surface area contributed by atoms with Crippen LogP contribution in [0.25, 0.3) is 0 Å². The molecule has 0 spiro atoms. The van der Waals surface area contributed by atoms with E-state index in [9.17, 15) is 4.79 Å². The Morgan fingerprint density at radius 3 is 3.06 bits per heavy atom. The number of hydrogen-bond donors (Lipinski definition) is 1. The van der Waals surface area contributed by atoms with Crippen LogP contribution in [0, 0.1) is 5.92 Å². The third-order valence-electron chi connectivity index (χ3n) is 3.38. The Balaban J connectivity index is 1.74. The SMILES string of the molecule is CN(Cc1ccc(Br)o1)C(=O)CCC1CCNC1. The standard InChI is InChI=1S/C13H19BrN2O2/c1-16(9-11-3-4-12(14)18-11)13(17)5-2-10-6-7-15-8-10/h3-4,10,15H,2,5-9H2,1H3. The van der Waals surface area contributed by atoms with Crippen LogP contribution in [0.2, 0.25) is 0 Å². The molecule has 5 heteroatoms. The summed E-state index contributed by atoms with van der Waals surface area (Å²) in [6.45, 7) is 2.69. The maximum absolute atomic E-state index is 12.0. The van der Waals surface area contributed by atoms with Crippen LogP contribution in [0.3, 0.4) is 0 Å². The minimum atomic E-state index is 0.189. The zero-order chi connectivity index (χ0) is 13.0. The van der Waals surface area contributed by atoms with Crippen LogP contribution in [0.4, 0.5) is 0 Å². The fourth-order valence-electron chi connectivity index (χ4n) is 2.24. The average molecular weight is 315 g/mol. The molecule has 1 N–H and O–H groups in total. The van der Waals surface area contributed by atoms with Crippen molar-refractivity contribution in [2.75, 3.05) is 20.1 Å². The Hall–Kier alpha value is -0.810. The van der Waals surface area contributed by atoms with E-state index in [1.807, 2.05) is 19.2 Å². The lowest BCUT2D eigenvalue weighted by Crippen LogP contribution is -2.26. The van der Waals surface area contributed by atoms with Gasteiger partial charge in [-0.15, -0.1) is 0 Å². The number of carbonyl (C=O) groups excluding carboxylic acids is 1. The first-order valence-electron chi connectivity index (χ1n) is 6.34. The highest BCUT2D eigenvalue weighted by Crippen LogP contribution is 2.17. The van der Waals surface area contributed by atoms with Crippen LogP contribution in [0.1, 0.15) is 25.0 Å². The monoisotopic (exact) mass is 314 g/mol. The zero-order valence-electron chi connectivity index (χ0n) is 10.6. The summed E-state index contributed by atoms with van der Waals surface area (Å²) in [6, 6.07) is 3.73. The van der Waals surface area contributed by atoms with Gasteiger partial charge in [-0.3, -0.25) is 4.79 Å². The van der Waals surface area contributed by atoms with Crippen molar-refractivity contribution >= 4 is 21.8 Å². The first-order chi connectivity index (χ1) is 8.65. The number of amides is 1. The van der Waals surface area contributed by atoms with Gasteiger partial charge >= 0.3 is 0 Å². The summed E-state index contributed by atoms with van der Waals surface area (Å²) >= 11 is 3.26. The summed E-state index contributed by atoms with van der Waals surface area (Å²) in [7, 11) is 1.83. The molecule has 1 atom stereocenters. The van der Waals surface area contributed by atoms with Gasteiger partial charge in [-0.1, -0.05) is 0 Å². The van der Waals surface area contributed by atoms with Crippen molar-refractivity contribution in [3.63, 3.8) is 0 Å². The number of nitrogens with one attached hydrogen (secondary N) is 1. The molecule has 0 aliphatic carbocycles. The second kappa shape index (κ2) is 6.38. The summed E-state index contributed by atoms with van der Waals surface area (Å²) in [6.07, 6.45) is 2.81. The smallest absolute Gasteiger partial charge is 0.222 e. The summed E-state index contributed by atoms with van der Waals surface area (Å²) in [5.74, 6) is 1.66.